The topological polar surface area (TPSA) is 174 Å². The van der Waals surface area contributed by atoms with Gasteiger partial charge in [-0.25, -0.2) is 0 Å². The number of hydrogen-bond acceptors (Lipinski definition) is 8. The predicted molar refractivity (Wildman–Crippen MR) is 184 cm³/mol. The number of aliphatic hydroxyl groups is 1. The molecule has 12 heteroatoms. The zero-order chi connectivity index (χ0) is 34.1. The van der Waals surface area contributed by atoms with Crippen LogP contribution in [0.5, 0.6) is 5.75 Å². The van der Waals surface area contributed by atoms with E-state index in [2.05, 4.69) is 16.0 Å². The minimum absolute atomic E-state index is 0.134. The van der Waals surface area contributed by atoms with Crippen molar-refractivity contribution < 1.29 is 29.4 Å². The van der Waals surface area contributed by atoms with Crippen molar-refractivity contribution in [2.24, 2.45) is 11.7 Å². The summed E-state index contributed by atoms with van der Waals surface area (Å²) in [7, 11) is 1.75. The number of carbonyl (C=O) groups is 4. The number of carbonyl (C=O) groups excluding carboxylic acids is 4. The van der Waals surface area contributed by atoms with Crippen LogP contribution in [0.25, 0.3) is 0 Å². The number of aliphatic hydroxyl groups excluding tert-OH is 1. The van der Waals surface area contributed by atoms with Gasteiger partial charge in [0.25, 0.3) is 0 Å². The number of phenols is 1. The van der Waals surface area contributed by atoms with Crippen molar-refractivity contribution in [1.29, 1.82) is 0 Å². The van der Waals surface area contributed by atoms with Gasteiger partial charge < -0.3 is 36.8 Å². The Morgan fingerprint density at radius 2 is 1.63 bits per heavy atom. The van der Waals surface area contributed by atoms with E-state index in [-0.39, 0.29) is 31.2 Å². The molecule has 1 aliphatic rings. The second-order valence-corrected chi connectivity index (χ2v) is 13.7. The van der Waals surface area contributed by atoms with Gasteiger partial charge in [0.05, 0.1) is 12.6 Å². The number of unbranched alkanes of at least 4 members (excludes halogenated alkanes) is 3. The SMILES string of the molecule is CSCC[C@@H](NC(=O)[C@@H](N)Cc1c(C)cc(O)cc1C)C(=O)NCC(=O)N[C@@H](CC1CCCCC1)C(=O)N(C)CCCCCCO. The van der Waals surface area contributed by atoms with Gasteiger partial charge in [-0.3, -0.25) is 19.2 Å². The van der Waals surface area contributed by atoms with E-state index in [1.165, 1.54) is 18.2 Å². The maximum Gasteiger partial charge on any atom is 0.244 e. The van der Waals surface area contributed by atoms with Crippen LogP contribution in [-0.2, 0) is 25.6 Å². The fourth-order valence-electron chi connectivity index (χ4n) is 6.09. The van der Waals surface area contributed by atoms with Gasteiger partial charge in [0.1, 0.15) is 17.8 Å². The highest BCUT2D eigenvalue weighted by Crippen LogP contribution is 2.28. The number of aromatic hydroxyl groups is 1. The number of thioether (sulfide) groups is 1. The Bertz CT molecular complexity index is 1110. The zero-order valence-corrected chi connectivity index (χ0v) is 29.1. The molecular weight excluding hydrogens is 606 g/mol. The number of nitrogens with one attached hydrogen (secondary N) is 3. The van der Waals surface area contributed by atoms with Crippen LogP contribution >= 0.6 is 11.8 Å². The Labute approximate surface area is 279 Å². The van der Waals surface area contributed by atoms with Crippen LogP contribution in [0, 0.1) is 19.8 Å². The lowest BCUT2D eigenvalue weighted by Crippen LogP contribution is -2.54. The second-order valence-electron chi connectivity index (χ2n) is 12.7. The first-order chi connectivity index (χ1) is 22.0. The Morgan fingerprint density at radius 3 is 2.26 bits per heavy atom. The summed E-state index contributed by atoms with van der Waals surface area (Å²) >= 11 is 1.54. The maximum absolute atomic E-state index is 13.4. The van der Waals surface area contributed by atoms with Crippen molar-refractivity contribution in [1.82, 2.24) is 20.9 Å². The molecule has 1 saturated carbocycles. The molecule has 260 valence electrons. The number of nitrogens with two attached hydrogens (primary N) is 1. The van der Waals surface area contributed by atoms with E-state index < -0.39 is 35.8 Å². The van der Waals surface area contributed by atoms with Crippen LogP contribution < -0.4 is 21.7 Å². The molecule has 46 heavy (non-hydrogen) atoms. The smallest absolute Gasteiger partial charge is 0.244 e. The molecule has 11 nitrogen and oxygen atoms in total. The minimum atomic E-state index is -0.909. The van der Waals surface area contributed by atoms with E-state index in [9.17, 15) is 24.3 Å². The summed E-state index contributed by atoms with van der Waals surface area (Å²) in [5.74, 6) is -0.432. The highest BCUT2D eigenvalue weighted by Gasteiger charge is 2.29. The average Bonchev–Trinajstić information content (AvgIpc) is 3.02. The van der Waals surface area contributed by atoms with Gasteiger partial charge in [-0.05, 0) is 92.7 Å². The minimum Gasteiger partial charge on any atom is -0.508 e. The maximum atomic E-state index is 13.4. The normalized spacial score (nSPS) is 15.4. The highest BCUT2D eigenvalue weighted by atomic mass is 32.2. The molecule has 0 heterocycles. The van der Waals surface area contributed by atoms with Gasteiger partial charge in [0, 0.05) is 20.2 Å². The highest BCUT2D eigenvalue weighted by molar-refractivity contribution is 7.98. The molecule has 1 aromatic rings. The fourth-order valence-corrected chi connectivity index (χ4v) is 6.56. The van der Waals surface area contributed by atoms with Crippen molar-refractivity contribution in [2.75, 3.05) is 38.8 Å². The fraction of sp³-hybridized carbons (Fsp3) is 0.706. The second kappa shape index (κ2) is 21.1. The Kier molecular flexibility index (Phi) is 18.1. The van der Waals surface area contributed by atoms with Crippen LogP contribution in [0.15, 0.2) is 12.1 Å². The van der Waals surface area contributed by atoms with Crippen molar-refractivity contribution in [3.05, 3.63) is 28.8 Å². The van der Waals surface area contributed by atoms with Gasteiger partial charge >= 0.3 is 0 Å². The van der Waals surface area contributed by atoms with E-state index in [0.29, 0.717) is 31.1 Å². The van der Waals surface area contributed by atoms with Crippen LogP contribution in [-0.4, -0.2) is 95.6 Å². The number of amides is 4. The third-order valence-corrected chi connectivity index (χ3v) is 9.46. The first-order valence-corrected chi connectivity index (χ1v) is 18.1. The summed E-state index contributed by atoms with van der Waals surface area (Å²) in [5.41, 5.74) is 8.76. The first kappa shape index (κ1) is 39.3. The Morgan fingerprint density at radius 1 is 0.978 bits per heavy atom. The van der Waals surface area contributed by atoms with Gasteiger partial charge in [-0.1, -0.05) is 44.9 Å². The molecule has 1 aromatic carbocycles. The number of hydrogen-bond donors (Lipinski definition) is 6. The van der Waals surface area contributed by atoms with Crippen molar-refractivity contribution in [3.8, 4) is 5.75 Å². The van der Waals surface area contributed by atoms with E-state index in [4.69, 9.17) is 10.8 Å². The van der Waals surface area contributed by atoms with E-state index in [0.717, 1.165) is 68.1 Å². The molecule has 0 aromatic heterocycles. The standard InChI is InChI=1S/C34H57N5O6S/c1-23-18-26(41)19-24(2)27(23)21-28(35)32(43)38-29(14-17-46-4)33(44)36-22-31(42)37-30(20-25-12-8-7-9-13-25)34(45)39(3)15-10-5-6-11-16-40/h18-19,25,28-30,40-41H,5-17,20-22,35H2,1-4H3,(H,36,44)(H,37,42)(H,38,43)/t28-,29+,30-/m0/s1. The quantitative estimate of drug-likeness (QED) is 0.116. The van der Waals surface area contributed by atoms with E-state index in [1.54, 1.807) is 24.1 Å². The third kappa shape index (κ3) is 13.9. The number of aryl methyl sites for hydroxylation is 2. The molecule has 1 fully saturated rings. The largest absolute Gasteiger partial charge is 0.508 e. The summed E-state index contributed by atoms with van der Waals surface area (Å²) in [6.07, 6.45) is 12.0. The lowest BCUT2D eigenvalue weighted by atomic mass is 9.84. The number of rotatable bonds is 20. The molecule has 0 aliphatic heterocycles. The molecular formula is C34H57N5O6S. The molecule has 2 rings (SSSR count). The summed E-state index contributed by atoms with van der Waals surface area (Å²) in [5, 5.41) is 27.1. The van der Waals surface area contributed by atoms with Crippen molar-refractivity contribution >= 4 is 35.4 Å². The van der Waals surface area contributed by atoms with Crippen LogP contribution in [0.4, 0.5) is 0 Å². The van der Waals surface area contributed by atoms with Crippen LogP contribution in [0.1, 0.15) is 87.3 Å². The van der Waals surface area contributed by atoms with Gasteiger partial charge in [-0.15, -0.1) is 0 Å². The number of nitrogens with zero attached hydrogens (tertiary/aromatic N) is 1. The molecule has 0 spiro atoms. The van der Waals surface area contributed by atoms with E-state index >= 15 is 0 Å². The molecule has 1 aliphatic carbocycles. The van der Waals surface area contributed by atoms with Crippen molar-refractivity contribution in [2.45, 2.75) is 109 Å². The Hall–Kier alpha value is -2.83. The van der Waals surface area contributed by atoms with Crippen LogP contribution in [0.3, 0.4) is 0 Å². The average molecular weight is 664 g/mol. The van der Waals surface area contributed by atoms with Crippen molar-refractivity contribution in [3.63, 3.8) is 0 Å². The molecule has 0 saturated heterocycles. The van der Waals surface area contributed by atoms with Crippen LogP contribution in [0.2, 0.25) is 0 Å². The molecule has 7 N–H and O–H groups in total. The number of likely N-dealkylation sites (N-methyl/N-ethyl adjacent to an activating group) is 1. The lowest BCUT2D eigenvalue weighted by Gasteiger charge is -2.29. The third-order valence-electron chi connectivity index (χ3n) is 8.81. The summed E-state index contributed by atoms with van der Waals surface area (Å²) < 4.78 is 0. The molecule has 0 unspecified atom stereocenters. The Balaban J connectivity index is 1.99. The molecule has 0 bridgehead atoms. The summed E-state index contributed by atoms with van der Waals surface area (Å²) in [4.78, 5) is 54.4. The number of benzene rings is 1. The van der Waals surface area contributed by atoms with Gasteiger partial charge in [-0.2, -0.15) is 11.8 Å². The van der Waals surface area contributed by atoms with E-state index in [1.807, 2.05) is 20.1 Å². The predicted octanol–water partition coefficient (Wildman–Crippen LogP) is 2.70. The lowest BCUT2D eigenvalue weighted by molar-refractivity contribution is -0.136. The molecule has 4 amide bonds. The monoisotopic (exact) mass is 663 g/mol. The summed E-state index contributed by atoms with van der Waals surface area (Å²) in [6.45, 7) is 4.11. The molecule has 3 atom stereocenters. The number of phenolic OH excluding ortho intramolecular Hbond substituents is 1. The van der Waals surface area contributed by atoms with Gasteiger partial charge in [0.2, 0.25) is 23.6 Å². The first-order valence-electron chi connectivity index (χ1n) is 16.7. The molecule has 0 radical (unpaired) electrons. The zero-order valence-electron chi connectivity index (χ0n) is 28.2. The van der Waals surface area contributed by atoms with Gasteiger partial charge in [0.15, 0.2) is 0 Å². The summed E-state index contributed by atoms with van der Waals surface area (Å²) in [6, 6.07) is 0.787.